The van der Waals surface area contributed by atoms with Crippen LogP contribution in [-0.2, 0) is 19.5 Å². The molecular formula is C3H6I2Zn. The minimum atomic E-state index is 0. The van der Waals surface area contributed by atoms with E-state index in [1.807, 2.05) is 2.43 Å². The van der Waals surface area contributed by atoms with Gasteiger partial charge in [0.25, 0.3) is 0 Å². The summed E-state index contributed by atoms with van der Waals surface area (Å²) >= 11 is 4.30. The molecule has 0 spiro atoms. The summed E-state index contributed by atoms with van der Waals surface area (Å²) in [4.78, 5) is 0. The summed E-state index contributed by atoms with van der Waals surface area (Å²) in [5.74, 6) is 0. The molecule has 0 rings (SSSR count). The average molecular weight is 361 g/mol. The van der Waals surface area contributed by atoms with Crippen LogP contribution in [0.25, 0.3) is 0 Å². The van der Waals surface area contributed by atoms with Gasteiger partial charge in [0, 0.05) is 0 Å². The molecule has 34 valence electrons. The first-order valence-electron chi connectivity index (χ1n) is 1.14. The predicted octanol–water partition coefficient (Wildman–Crippen LogP) is 2.81. The fraction of sp³-hybridized carbons (Fsp3) is 0.333. The predicted molar refractivity (Wildman–Crippen MR) is 43.4 cm³/mol. The Morgan fingerprint density at radius 2 is 1.33 bits per heavy atom. The molecule has 0 aliphatic carbocycles. The normalized spacial score (nSPS) is 4.00. The molecule has 0 aromatic carbocycles. The quantitative estimate of drug-likeness (QED) is 0.354. The van der Waals surface area contributed by atoms with Gasteiger partial charge in [0.1, 0.15) is 0 Å². The van der Waals surface area contributed by atoms with Crippen LogP contribution in [0.5, 0.6) is 0 Å². The molecule has 0 aromatic heterocycles. The van der Waals surface area contributed by atoms with Gasteiger partial charge in [0.2, 0.25) is 0 Å². The molecule has 0 aliphatic heterocycles. The van der Waals surface area contributed by atoms with E-state index < -0.39 is 0 Å². The first-order chi connectivity index (χ1) is 2.41. The zero-order valence-electron chi connectivity index (χ0n) is 3.75. The Morgan fingerprint density at radius 3 is 1.33 bits per heavy atom. The summed E-state index contributed by atoms with van der Waals surface area (Å²) in [6, 6.07) is 0. The summed E-state index contributed by atoms with van der Waals surface area (Å²) in [7, 11) is 0. The molecule has 0 bridgehead atoms. The van der Waals surface area contributed by atoms with Gasteiger partial charge in [0.15, 0.2) is 0 Å². The van der Waals surface area contributed by atoms with Crippen molar-refractivity contribution in [3.05, 3.63) is 9.36 Å². The van der Waals surface area contributed by atoms with Crippen molar-refractivity contribution in [3.8, 4) is 0 Å². The molecule has 0 N–H and O–H groups in total. The number of halogens is 2. The van der Waals surface area contributed by atoms with Gasteiger partial charge in [-0.05, 0) is 0 Å². The van der Waals surface area contributed by atoms with Gasteiger partial charge in [-0.15, -0.1) is 0 Å². The Labute approximate surface area is 79.9 Å². The van der Waals surface area contributed by atoms with E-state index in [1.165, 1.54) is 0 Å². The SMILES string of the molecule is I[CH-]I.[CH2-]C.[Zn+2]. The first-order valence-corrected chi connectivity index (χ1v) is 3.63. The van der Waals surface area contributed by atoms with E-state index in [-0.39, 0.29) is 19.5 Å². The second kappa shape index (κ2) is 27.6. The Morgan fingerprint density at radius 1 is 1.33 bits per heavy atom. The summed E-state index contributed by atoms with van der Waals surface area (Å²) in [5.41, 5.74) is 0. The number of rotatable bonds is 0. The molecule has 0 nitrogen and oxygen atoms in total. The molecule has 3 heteroatoms. The van der Waals surface area contributed by atoms with Crippen LogP contribution >= 0.6 is 45.2 Å². The van der Waals surface area contributed by atoms with Crippen LogP contribution in [0.2, 0.25) is 0 Å². The van der Waals surface area contributed by atoms with Crippen LogP contribution in [0.4, 0.5) is 0 Å². The molecule has 0 saturated carbocycles. The number of hydrogen-bond donors (Lipinski definition) is 0. The van der Waals surface area contributed by atoms with Crippen LogP contribution in [0.15, 0.2) is 0 Å². The maximum Gasteiger partial charge on any atom is 2.00 e. The van der Waals surface area contributed by atoms with Crippen molar-refractivity contribution in [1.82, 2.24) is 0 Å². The smallest absolute Gasteiger partial charge is 0.346 e. The molecule has 0 radical (unpaired) electrons. The van der Waals surface area contributed by atoms with Crippen molar-refractivity contribution in [2.24, 2.45) is 0 Å². The van der Waals surface area contributed by atoms with Crippen LogP contribution < -0.4 is 0 Å². The third kappa shape index (κ3) is 36.2. The van der Waals surface area contributed by atoms with E-state index in [2.05, 4.69) is 52.1 Å². The third-order valence-electron chi connectivity index (χ3n) is 0. The Hall–Kier alpha value is 2.08. The van der Waals surface area contributed by atoms with Crippen LogP contribution in [0.1, 0.15) is 6.92 Å². The van der Waals surface area contributed by atoms with Gasteiger partial charge < -0.3 is 52.1 Å². The van der Waals surface area contributed by atoms with Crippen LogP contribution in [0, 0.1) is 9.36 Å². The second-order valence-electron chi connectivity index (χ2n) is 0.0825. The van der Waals surface area contributed by atoms with E-state index in [4.69, 9.17) is 0 Å². The molecule has 0 atom stereocenters. The molecule has 6 heavy (non-hydrogen) atoms. The van der Waals surface area contributed by atoms with Gasteiger partial charge in [-0.3, -0.25) is 0 Å². The van der Waals surface area contributed by atoms with E-state index in [1.54, 1.807) is 6.92 Å². The zero-order chi connectivity index (χ0) is 4.71. The van der Waals surface area contributed by atoms with E-state index in [9.17, 15) is 0 Å². The molecule has 0 fully saturated rings. The fourth-order valence-corrected chi connectivity index (χ4v) is 0. The van der Waals surface area contributed by atoms with Crippen LogP contribution in [0.3, 0.4) is 0 Å². The standard InChI is InChI=1S/C2H5.CHI2.Zn/c1-2;2-1-3;/h1H2,2H3;1H;/q2*-1;+2. The molecule has 0 unspecified atom stereocenters. The van der Waals surface area contributed by atoms with Crippen molar-refractivity contribution >= 4 is 45.2 Å². The first kappa shape index (κ1) is 15.7. The molecule has 0 saturated heterocycles. The minimum absolute atomic E-state index is 0. The van der Waals surface area contributed by atoms with Gasteiger partial charge in [-0.2, -0.15) is 6.92 Å². The Kier molecular flexibility index (Phi) is 72.1. The van der Waals surface area contributed by atoms with Gasteiger partial charge in [-0.1, -0.05) is 0 Å². The maximum absolute atomic E-state index is 3.25. The third-order valence-corrected chi connectivity index (χ3v) is 0. The Bertz CT molecular complexity index is 8.75. The van der Waals surface area contributed by atoms with Crippen molar-refractivity contribution in [2.45, 2.75) is 6.92 Å². The Balaban J connectivity index is -0.0000000275. The summed E-state index contributed by atoms with van der Waals surface area (Å²) < 4.78 is 1.94. The summed E-state index contributed by atoms with van der Waals surface area (Å²) in [5, 5.41) is 0. The van der Waals surface area contributed by atoms with Gasteiger partial charge in [0.05, 0.1) is 0 Å². The van der Waals surface area contributed by atoms with Crippen molar-refractivity contribution < 1.29 is 19.5 Å². The van der Waals surface area contributed by atoms with Crippen LogP contribution in [-0.4, -0.2) is 0 Å². The zero-order valence-corrected chi connectivity index (χ0v) is 11.0. The van der Waals surface area contributed by atoms with Gasteiger partial charge >= 0.3 is 19.5 Å². The molecule has 0 aromatic rings. The molecular weight excluding hydrogens is 355 g/mol. The fourth-order valence-electron chi connectivity index (χ4n) is 0. The average Bonchev–Trinajstić information content (AvgIpc) is 1.46. The van der Waals surface area contributed by atoms with E-state index >= 15 is 0 Å². The topological polar surface area (TPSA) is 0 Å². The summed E-state index contributed by atoms with van der Waals surface area (Å²) in [6.07, 6.45) is 0. The maximum atomic E-state index is 3.25. The minimum Gasteiger partial charge on any atom is -0.346 e. The number of hydrogen-bond acceptors (Lipinski definition) is 0. The van der Waals surface area contributed by atoms with Crippen molar-refractivity contribution in [1.29, 1.82) is 0 Å². The molecule has 0 aliphatic rings. The second-order valence-corrected chi connectivity index (χ2v) is 3.71. The monoisotopic (exact) mass is 360 g/mol. The van der Waals surface area contributed by atoms with Crippen molar-refractivity contribution in [3.63, 3.8) is 0 Å². The molecule has 0 heterocycles. The van der Waals surface area contributed by atoms with E-state index in [0.29, 0.717) is 0 Å². The largest absolute Gasteiger partial charge is 2.00 e. The van der Waals surface area contributed by atoms with Gasteiger partial charge in [-0.25, -0.2) is 2.43 Å². The molecule has 0 amide bonds. The summed E-state index contributed by atoms with van der Waals surface area (Å²) in [6.45, 7) is 5.00. The van der Waals surface area contributed by atoms with Crippen molar-refractivity contribution in [2.75, 3.05) is 0 Å². The van der Waals surface area contributed by atoms with E-state index in [0.717, 1.165) is 0 Å².